The van der Waals surface area contributed by atoms with E-state index in [1.165, 1.54) is 12.1 Å². The van der Waals surface area contributed by atoms with E-state index < -0.39 is 5.97 Å². The molecule has 1 rings (SSSR count). The maximum atomic E-state index is 11.5. The van der Waals surface area contributed by atoms with Gasteiger partial charge in [0, 0.05) is 13.2 Å². The second-order valence-corrected chi connectivity index (χ2v) is 3.73. The second kappa shape index (κ2) is 7.45. The average Bonchev–Trinajstić information content (AvgIpc) is 2.35. The summed E-state index contributed by atoms with van der Waals surface area (Å²) in [6.45, 7) is 3.46. The van der Waals surface area contributed by atoms with Crippen molar-refractivity contribution < 1.29 is 19.4 Å². The van der Waals surface area contributed by atoms with Crippen LogP contribution in [-0.4, -0.2) is 36.7 Å². The van der Waals surface area contributed by atoms with Crippen molar-refractivity contribution in [2.45, 2.75) is 13.3 Å². The standard InChI is InChI=1S/C13H17NO4/c1-2-18-7-6-14-12(15)9-10-4-3-5-11(8-10)13(16)17/h3-5,8H,2,6-7,9H2,1H3,(H,14,15)(H,16,17). The molecule has 0 spiro atoms. The predicted molar refractivity (Wildman–Crippen MR) is 66.6 cm³/mol. The quantitative estimate of drug-likeness (QED) is 0.711. The summed E-state index contributed by atoms with van der Waals surface area (Å²) in [7, 11) is 0. The zero-order valence-electron chi connectivity index (χ0n) is 10.3. The normalized spacial score (nSPS) is 10.1. The number of aromatic carboxylic acids is 1. The van der Waals surface area contributed by atoms with Gasteiger partial charge in [0.25, 0.3) is 0 Å². The van der Waals surface area contributed by atoms with Crippen LogP contribution in [0.5, 0.6) is 0 Å². The van der Waals surface area contributed by atoms with Crippen LogP contribution in [0.25, 0.3) is 0 Å². The van der Waals surface area contributed by atoms with E-state index in [0.717, 1.165) is 0 Å². The Bertz CT molecular complexity index is 417. The molecule has 0 fully saturated rings. The number of rotatable bonds is 7. The lowest BCUT2D eigenvalue weighted by molar-refractivity contribution is -0.120. The van der Waals surface area contributed by atoms with E-state index >= 15 is 0 Å². The molecule has 0 atom stereocenters. The maximum Gasteiger partial charge on any atom is 0.335 e. The van der Waals surface area contributed by atoms with Gasteiger partial charge in [0.1, 0.15) is 0 Å². The summed E-state index contributed by atoms with van der Waals surface area (Å²) in [5.41, 5.74) is 0.874. The monoisotopic (exact) mass is 251 g/mol. The van der Waals surface area contributed by atoms with E-state index in [0.29, 0.717) is 25.3 Å². The Hall–Kier alpha value is -1.88. The van der Waals surface area contributed by atoms with Crippen molar-refractivity contribution >= 4 is 11.9 Å². The topological polar surface area (TPSA) is 75.6 Å². The Morgan fingerprint density at radius 1 is 1.39 bits per heavy atom. The predicted octanol–water partition coefficient (Wildman–Crippen LogP) is 1.08. The average molecular weight is 251 g/mol. The zero-order valence-corrected chi connectivity index (χ0v) is 10.3. The molecule has 98 valence electrons. The molecular formula is C13H17NO4. The van der Waals surface area contributed by atoms with Crippen LogP contribution < -0.4 is 5.32 Å². The van der Waals surface area contributed by atoms with Gasteiger partial charge in [-0.25, -0.2) is 4.79 Å². The third-order valence-corrected chi connectivity index (χ3v) is 2.31. The van der Waals surface area contributed by atoms with Crippen LogP contribution in [0.2, 0.25) is 0 Å². The fourth-order valence-electron chi connectivity index (χ4n) is 1.47. The smallest absolute Gasteiger partial charge is 0.335 e. The molecule has 1 amide bonds. The minimum absolute atomic E-state index is 0.141. The number of hydrogen-bond donors (Lipinski definition) is 2. The Labute approximate surface area is 106 Å². The van der Waals surface area contributed by atoms with Crippen molar-refractivity contribution in [3.8, 4) is 0 Å². The molecule has 0 aliphatic carbocycles. The van der Waals surface area contributed by atoms with Crippen LogP contribution in [0.1, 0.15) is 22.8 Å². The van der Waals surface area contributed by atoms with Gasteiger partial charge in [-0.2, -0.15) is 0 Å². The van der Waals surface area contributed by atoms with Gasteiger partial charge in [-0.05, 0) is 24.6 Å². The van der Waals surface area contributed by atoms with Crippen LogP contribution in [0.3, 0.4) is 0 Å². The zero-order chi connectivity index (χ0) is 13.4. The summed E-state index contributed by atoms with van der Waals surface area (Å²) >= 11 is 0. The molecule has 18 heavy (non-hydrogen) atoms. The first kappa shape index (κ1) is 14.2. The summed E-state index contributed by atoms with van der Waals surface area (Å²) in [4.78, 5) is 22.3. The molecule has 0 radical (unpaired) electrons. The van der Waals surface area contributed by atoms with Crippen molar-refractivity contribution in [2.24, 2.45) is 0 Å². The molecule has 0 unspecified atom stereocenters. The number of carbonyl (C=O) groups is 2. The molecule has 1 aromatic rings. The molecule has 0 saturated carbocycles. The fraction of sp³-hybridized carbons (Fsp3) is 0.385. The number of carbonyl (C=O) groups excluding carboxylic acids is 1. The first-order valence-electron chi connectivity index (χ1n) is 5.80. The van der Waals surface area contributed by atoms with E-state index in [-0.39, 0.29) is 17.9 Å². The Morgan fingerprint density at radius 3 is 2.83 bits per heavy atom. The number of amides is 1. The van der Waals surface area contributed by atoms with Gasteiger partial charge >= 0.3 is 5.97 Å². The van der Waals surface area contributed by atoms with Crippen molar-refractivity contribution in [3.05, 3.63) is 35.4 Å². The summed E-state index contributed by atoms with van der Waals surface area (Å²) in [6, 6.07) is 6.37. The molecule has 0 heterocycles. The lowest BCUT2D eigenvalue weighted by Gasteiger charge is -2.05. The molecule has 0 aliphatic rings. The van der Waals surface area contributed by atoms with Gasteiger partial charge in [-0.3, -0.25) is 4.79 Å². The lowest BCUT2D eigenvalue weighted by Crippen LogP contribution is -2.28. The molecule has 0 bridgehead atoms. The lowest BCUT2D eigenvalue weighted by atomic mass is 10.1. The van der Waals surface area contributed by atoms with Crippen molar-refractivity contribution in [3.63, 3.8) is 0 Å². The third kappa shape index (κ3) is 4.97. The molecule has 1 aromatic carbocycles. The van der Waals surface area contributed by atoms with E-state index in [4.69, 9.17) is 9.84 Å². The summed E-state index contributed by atoms with van der Waals surface area (Å²) in [5, 5.41) is 11.5. The largest absolute Gasteiger partial charge is 0.478 e. The molecule has 5 heteroatoms. The van der Waals surface area contributed by atoms with Crippen LogP contribution in [0.4, 0.5) is 0 Å². The highest BCUT2D eigenvalue weighted by molar-refractivity contribution is 5.88. The van der Waals surface area contributed by atoms with Crippen LogP contribution >= 0.6 is 0 Å². The Morgan fingerprint density at radius 2 is 2.17 bits per heavy atom. The Kier molecular flexibility index (Phi) is 5.87. The van der Waals surface area contributed by atoms with Crippen molar-refractivity contribution in [1.29, 1.82) is 0 Å². The molecule has 0 aromatic heterocycles. The summed E-state index contributed by atoms with van der Waals surface area (Å²) in [6.07, 6.45) is 0.174. The third-order valence-electron chi connectivity index (χ3n) is 2.31. The van der Waals surface area contributed by atoms with Crippen LogP contribution in [0, 0.1) is 0 Å². The fourth-order valence-corrected chi connectivity index (χ4v) is 1.47. The Balaban J connectivity index is 2.44. The maximum absolute atomic E-state index is 11.5. The first-order chi connectivity index (χ1) is 8.63. The highest BCUT2D eigenvalue weighted by atomic mass is 16.5. The van der Waals surface area contributed by atoms with Crippen molar-refractivity contribution in [2.75, 3.05) is 19.8 Å². The number of ether oxygens (including phenoxy) is 1. The van der Waals surface area contributed by atoms with Crippen LogP contribution in [-0.2, 0) is 16.0 Å². The molecule has 2 N–H and O–H groups in total. The van der Waals surface area contributed by atoms with Gasteiger partial charge in [-0.15, -0.1) is 0 Å². The highest BCUT2D eigenvalue weighted by Crippen LogP contribution is 2.06. The molecule has 0 aliphatic heterocycles. The van der Waals surface area contributed by atoms with Gasteiger partial charge in [-0.1, -0.05) is 12.1 Å². The molecule has 5 nitrogen and oxygen atoms in total. The van der Waals surface area contributed by atoms with Crippen molar-refractivity contribution in [1.82, 2.24) is 5.32 Å². The van der Waals surface area contributed by atoms with Crippen LogP contribution in [0.15, 0.2) is 24.3 Å². The van der Waals surface area contributed by atoms with Gasteiger partial charge in [0.15, 0.2) is 0 Å². The first-order valence-corrected chi connectivity index (χ1v) is 5.80. The number of nitrogens with one attached hydrogen (secondary N) is 1. The minimum Gasteiger partial charge on any atom is -0.478 e. The van der Waals surface area contributed by atoms with Gasteiger partial charge < -0.3 is 15.2 Å². The van der Waals surface area contributed by atoms with E-state index in [1.807, 2.05) is 6.92 Å². The number of carboxylic acids is 1. The summed E-state index contributed by atoms with van der Waals surface area (Å²) in [5.74, 6) is -1.13. The second-order valence-electron chi connectivity index (χ2n) is 3.73. The SMILES string of the molecule is CCOCCNC(=O)Cc1cccc(C(=O)O)c1. The molecule has 0 saturated heterocycles. The number of benzene rings is 1. The van der Waals surface area contributed by atoms with Gasteiger partial charge in [0.05, 0.1) is 18.6 Å². The minimum atomic E-state index is -0.992. The van der Waals surface area contributed by atoms with E-state index in [1.54, 1.807) is 12.1 Å². The number of carboxylic acid groups (broad SMARTS) is 1. The molecular weight excluding hydrogens is 234 g/mol. The van der Waals surface area contributed by atoms with Gasteiger partial charge in [0.2, 0.25) is 5.91 Å². The number of hydrogen-bond acceptors (Lipinski definition) is 3. The summed E-state index contributed by atoms with van der Waals surface area (Å²) < 4.78 is 5.09. The van der Waals surface area contributed by atoms with E-state index in [9.17, 15) is 9.59 Å². The van der Waals surface area contributed by atoms with E-state index in [2.05, 4.69) is 5.32 Å². The highest BCUT2D eigenvalue weighted by Gasteiger charge is 2.06.